The number of hydrogen-bond donors (Lipinski definition) is 0. The predicted molar refractivity (Wildman–Crippen MR) is 211 cm³/mol. The first kappa shape index (κ1) is 42.2. The minimum absolute atomic E-state index is 0.130. The van der Waals surface area contributed by atoms with E-state index in [-0.39, 0.29) is 28.9 Å². The Morgan fingerprint density at radius 3 is 1.49 bits per heavy atom. The highest BCUT2D eigenvalue weighted by Crippen LogP contribution is 2.44. The molecule has 4 aliphatic rings. The summed E-state index contributed by atoms with van der Waals surface area (Å²) in [5.74, 6) is -5.25. The molecule has 4 fully saturated rings. The topological polar surface area (TPSA) is 170 Å². The van der Waals surface area contributed by atoms with Crippen molar-refractivity contribution in [2.45, 2.75) is 101 Å². The lowest BCUT2D eigenvalue weighted by atomic mass is 9.97. The third kappa shape index (κ3) is 9.68. The maximum atomic E-state index is 14.1. The lowest BCUT2D eigenvalue weighted by Gasteiger charge is -2.45. The molecule has 8 rings (SSSR count). The Morgan fingerprint density at radius 2 is 1.00 bits per heavy atom. The minimum Gasteiger partial charge on any atom is -0.459 e. The summed E-state index contributed by atoms with van der Waals surface area (Å²) in [7, 11) is 0. The molecule has 0 radical (unpaired) electrons. The molecule has 0 saturated carbocycles. The van der Waals surface area contributed by atoms with Crippen LogP contribution in [0.15, 0.2) is 121 Å². The van der Waals surface area contributed by atoms with Crippen LogP contribution in [0, 0.1) is 0 Å². The van der Waals surface area contributed by atoms with Crippen LogP contribution in [-0.2, 0) is 52.1 Å². The normalized spacial score (nSPS) is 29.8. The summed E-state index contributed by atoms with van der Waals surface area (Å²) in [6.07, 6.45) is -12.2. The number of benzene rings is 4. The molecule has 4 saturated heterocycles. The molecule has 4 aliphatic heterocycles. The van der Waals surface area contributed by atoms with E-state index in [0.717, 1.165) is 0 Å². The van der Waals surface area contributed by atoms with Gasteiger partial charge in [0.15, 0.2) is 42.5 Å². The van der Waals surface area contributed by atoms with Crippen molar-refractivity contribution < 1.29 is 71.3 Å². The fourth-order valence-electron chi connectivity index (χ4n) is 7.63. The molecule has 15 nitrogen and oxygen atoms in total. The summed E-state index contributed by atoms with van der Waals surface area (Å²) in [5, 5.41) is 0. The summed E-state index contributed by atoms with van der Waals surface area (Å²) in [5.41, 5.74) is 0.699. The van der Waals surface area contributed by atoms with Gasteiger partial charge in [0.2, 0.25) is 0 Å². The second kappa shape index (κ2) is 17.8. The summed E-state index contributed by atoms with van der Waals surface area (Å²) in [6, 6.07) is 32.6. The molecule has 0 aliphatic carbocycles. The quantitative estimate of drug-likeness (QED) is 0.126. The minimum atomic E-state index is -1.64. The molecule has 0 spiro atoms. The van der Waals surface area contributed by atoms with Crippen molar-refractivity contribution in [3.63, 3.8) is 0 Å². The van der Waals surface area contributed by atoms with Crippen molar-refractivity contribution in [1.82, 2.24) is 0 Å². The zero-order chi connectivity index (χ0) is 42.7. The third-order valence-electron chi connectivity index (χ3n) is 10.5. The molecule has 0 amide bonds. The number of carbonyl (C=O) groups is 4. The molecule has 61 heavy (non-hydrogen) atoms. The van der Waals surface area contributed by atoms with Crippen LogP contribution in [-0.4, -0.2) is 110 Å². The van der Waals surface area contributed by atoms with Gasteiger partial charge in [-0.2, -0.15) is 0 Å². The first-order chi connectivity index (χ1) is 29.3. The zero-order valence-electron chi connectivity index (χ0n) is 33.9. The van der Waals surface area contributed by atoms with Gasteiger partial charge in [0.1, 0.15) is 37.1 Å². The predicted octanol–water partition coefficient (Wildman–Crippen LogP) is 5.66. The van der Waals surface area contributed by atoms with E-state index in [1.165, 1.54) is 24.3 Å². The Bertz CT molecular complexity index is 2150. The van der Waals surface area contributed by atoms with Crippen LogP contribution in [0.2, 0.25) is 0 Å². The van der Waals surface area contributed by atoms with Gasteiger partial charge in [0.05, 0.1) is 28.9 Å². The van der Waals surface area contributed by atoms with Gasteiger partial charge in [-0.3, -0.25) is 0 Å². The number of ether oxygens (including phenoxy) is 11. The maximum Gasteiger partial charge on any atom is 0.338 e. The Labute approximate surface area is 352 Å². The Balaban J connectivity index is 1.21. The molecule has 0 aromatic heterocycles. The van der Waals surface area contributed by atoms with Gasteiger partial charge in [-0.15, -0.1) is 0 Å². The average molecular weight is 839 g/mol. The van der Waals surface area contributed by atoms with Crippen LogP contribution in [0.5, 0.6) is 0 Å². The number of carbonyl (C=O) groups excluding carboxylic acids is 4. The number of esters is 4. The van der Waals surface area contributed by atoms with Gasteiger partial charge in [0, 0.05) is 0 Å². The van der Waals surface area contributed by atoms with Gasteiger partial charge in [-0.1, -0.05) is 72.8 Å². The molecule has 0 N–H and O–H groups in total. The van der Waals surface area contributed by atoms with Crippen molar-refractivity contribution >= 4 is 23.9 Å². The first-order valence-corrected chi connectivity index (χ1v) is 20.0. The molecule has 10 atom stereocenters. The summed E-state index contributed by atoms with van der Waals surface area (Å²) in [6.45, 7) is 6.58. The van der Waals surface area contributed by atoms with Crippen LogP contribution >= 0.6 is 0 Å². The van der Waals surface area contributed by atoms with Gasteiger partial charge in [0.25, 0.3) is 0 Å². The monoisotopic (exact) mass is 838 g/mol. The van der Waals surface area contributed by atoms with Crippen LogP contribution in [0.25, 0.3) is 0 Å². The zero-order valence-corrected chi connectivity index (χ0v) is 33.9. The fraction of sp³-hybridized carbons (Fsp3) is 0.391. The highest BCUT2D eigenvalue weighted by molar-refractivity contribution is 5.91. The lowest BCUT2D eigenvalue weighted by Crippen LogP contribution is -2.64. The third-order valence-corrected chi connectivity index (χ3v) is 10.5. The number of rotatable bonds is 12. The van der Waals surface area contributed by atoms with Gasteiger partial charge < -0.3 is 52.1 Å². The van der Waals surface area contributed by atoms with Crippen molar-refractivity contribution in [3.05, 3.63) is 144 Å². The Kier molecular flexibility index (Phi) is 12.3. The largest absolute Gasteiger partial charge is 0.459 e. The van der Waals surface area contributed by atoms with Crippen molar-refractivity contribution in [2.75, 3.05) is 13.2 Å². The average Bonchev–Trinajstić information content (AvgIpc) is 3.90. The van der Waals surface area contributed by atoms with E-state index in [9.17, 15) is 19.2 Å². The van der Waals surface area contributed by atoms with E-state index in [1.54, 1.807) is 125 Å². The van der Waals surface area contributed by atoms with Crippen molar-refractivity contribution in [2.24, 2.45) is 0 Å². The van der Waals surface area contributed by atoms with E-state index in [0.29, 0.717) is 0 Å². The SMILES string of the molecule is CC1(C)O[C@H]2O[C@H]([C@H]3COC(C)(C)O3)[C@H](O[C@@H]3O[C@H](COC(=O)c4ccccc4)[C@H](OC(=O)c4ccccc4)[C@H](OC(=O)c4ccccc4)[C@H]3OC(=O)c3ccccc3)[C@H]2O1. The molecular formula is C46H46O15. The Hall–Kier alpha value is -5.52. The van der Waals surface area contributed by atoms with Crippen LogP contribution < -0.4 is 0 Å². The van der Waals surface area contributed by atoms with E-state index < -0.39 is 103 Å². The van der Waals surface area contributed by atoms with Crippen molar-refractivity contribution in [3.8, 4) is 0 Å². The highest BCUT2D eigenvalue weighted by Gasteiger charge is 2.62. The lowest BCUT2D eigenvalue weighted by molar-refractivity contribution is -0.322. The molecular weight excluding hydrogens is 792 g/mol. The molecule has 0 bridgehead atoms. The first-order valence-electron chi connectivity index (χ1n) is 20.0. The summed E-state index contributed by atoms with van der Waals surface area (Å²) < 4.78 is 68.8. The maximum absolute atomic E-state index is 14.1. The molecule has 320 valence electrons. The van der Waals surface area contributed by atoms with Gasteiger partial charge in [-0.05, 0) is 76.2 Å². The van der Waals surface area contributed by atoms with Crippen LogP contribution in [0.1, 0.15) is 69.1 Å². The van der Waals surface area contributed by atoms with Crippen molar-refractivity contribution in [1.29, 1.82) is 0 Å². The number of hydrogen-bond acceptors (Lipinski definition) is 15. The van der Waals surface area contributed by atoms with Crippen LogP contribution in [0.3, 0.4) is 0 Å². The molecule has 4 heterocycles. The summed E-state index contributed by atoms with van der Waals surface area (Å²) >= 11 is 0. The molecule has 15 heteroatoms. The molecule has 4 aromatic carbocycles. The second-order valence-electron chi connectivity index (χ2n) is 15.8. The second-order valence-corrected chi connectivity index (χ2v) is 15.8. The Morgan fingerprint density at radius 1 is 0.525 bits per heavy atom. The highest BCUT2D eigenvalue weighted by atomic mass is 16.9. The molecule has 0 unspecified atom stereocenters. The van der Waals surface area contributed by atoms with E-state index in [1.807, 2.05) is 0 Å². The molecule has 4 aromatic rings. The number of fused-ring (bicyclic) bond motifs is 1. The fourth-order valence-corrected chi connectivity index (χ4v) is 7.63. The van der Waals surface area contributed by atoms with Crippen LogP contribution in [0.4, 0.5) is 0 Å². The van der Waals surface area contributed by atoms with Gasteiger partial charge in [-0.25, -0.2) is 19.2 Å². The van der Waals surface area contributed by atoms with E-state index in [4.69, 9.17) is 52.1 Å². The van der Waals surface area contributed by atoms with Gasteiger partial charge >= 0.3 is 23.9 Å². The van der Waals surface area contributed by atoms with E-state index in [2.05, 4.69) is 0 Å². The van der Waals surface area contributed by atoms with E-state index >= 15 is 0 Å². The summed E-state index contributed by atoms with van der Waals surface area (Å²) in [4.78, 5) is 55.4. The standard InChI is InChI=1S/C46H46O15/c1-45(2)52-26-32(59-45)34-36(38-44(57-34)61-46(3,4)60-38)58-43-37(56-42(50)30-23-15-8-16-24-30)35(55-41(49)29-21-13-7-14-22-29)33(54-40(48)28-19-11-6-12-20-28)31(53-43)25-51-39(47)27-17-9-5-10-18-27/h5-24,31-38,43-44H,25-26H2,1-4H3/t31-,32-,33+,34-,35+,36+,37-,38-,43+,44-/m1/s1. The smallest absolute Gasteiger partial charge is 0.338 e.